The maximum Gasteiger partial charge on any atom is 0.0676 e. The molecule has 0 atom stereocenters. The summed E-state index contributed by atoms with van der Waals surface area (Å²) in [6.45, 7) is 2.30. The summed E-state index contributed by atoms with van der Waals surface area (Å²) in [7, 11) is 0. The molecule has 0 aromatic rings. The molecule has 0 heterocycles. The van der Waals surface area contributed by atoms with E-state index >= 15 is 0 Å². The predicted molar refractivity (Wildman–Crippen MR) is 45.3 cm³/mol. The van der Waals surface area contributed by atoms with Crippen LogP contribution in [0.2, 0.25) is 0 Å². The summed E-state index contributed by atoms with van der Waals surface area (Å²) in [5.41, 5.74) is -0.230. The Balaban J connectivity index is 1.93. The average molecular weight is 154 g/mol. The Morgan fingerprint density at radius 1 is 1.09 bits per heavy atom. The Morgan fingerprint density at radius 3 is 2.09 bits per heavy atom. The lowest BCUT2D eigenvalue weighted by atomic mass is 9.77. The Bertz CT molecular complexity index is 141. The van der Waals surface area contributed by atoms with Crippen molar-refractivity contribution < 1.29 is 5.11 Å². The lowest BCUT2D eigenvalue weighted by Gasteiger charge is -2.35. The van der Waals surface area contributed by atoms with Gasteiger partial charge in [-0.2, -0.15) is 0 Å². The van der Waals surface area contributed by atoms with Crippen molar-refractivity contribution in [1.29, 1.82) is 0 Å². The van der Waals surface area contributed by atoms with Crippen LogP contribution in [0.15, 0.2) is 0 Å². The molecule has 0 saturated heterocycles. The second-order valence-corrected chi connectivity index (χ2v) is 4.56. The van der Waals surface area contributed by atoms with Gasteiger partial charge in [0.2, 0.25) is 0 Å². The first kappa shape index (κ1) is 7.60. The Hall–Kier alpha value is -0.0400. The van der Waals surface area contributed by atoms with E-state index in [0.717, 1.165) is 18.8 Å². The van der Waals surface area contributed by atoms with Crippen molar-refractivity contribution in [2.75, 3.05) is 0 Å². The minimum atomic E-state index is -0.230. The molecule has 1 N–H and O–H groups in total. The van der Waals surface area contributed by atoms with E-state index in [1.807, 2.05) is 0 Å². The molecular formula is C10H18O. The SMILES string of the molecule is C[C@H]1CC[C@@](O)(C2CC2)CC1. The highest BCUT2D eigenvalue weighted by molar-refractivity contribution is 4.96. The van der Waals surface area contributed by atoms with Gasteiger partial charge in [-0.25, -0.2) is 0 Å². The van der Waals surface area contributed by atoms with E-state index in [2.05, 4.69) is 6.92 Å². The van der Waals surface area contributed by atoms with Crippen LogP contribution < -0.4 is 0 Å². The number of rotatable bonds is 1. The van der Waals surface area contributed by atoms with Crippen molar-refractivity contribution in [3.63, 3.8) is 0 Å². The van der Waals surface area contributed by atoms with Gasteiger partial charge in [-0.15, -0.1) is 0 Å². The molecule has 0 radical (unpaired) electrons. The molecule has 0 bridgehead atoms. The van der Waals surface area contributed by atoms with Gasteiger partial charge in [-0.05, 0) is 50.4 Å². The Labute approximate surface area is 68.8 Å². The number of hydrogen-bond donors (Lipinski definition) is 1. The van der Waals surface area contributed by atoms with Gasteiger partial charge in [0.1, 0.15) is 0 Å². The molecular weight excluding hydrogens is 136 g/mol. The molecule has 0 unspecified atom stereocenters. The molecule has 2 fully saturated rings. The maximum absolute atomic E-state index is 10.1. The monoisotopic (exact) mass is 154 g/mol. The van der Waals surface area contributed by atoms with E-state index < -0.39 is 0 Å². The first-order valence-electron chi connectivity index (χ1n) is 4.93. The van der Waals surface area contributed by atoms with Crippen LogP contribution in [0.25, 0.3) is 0 Å². The van der Waals surface area contributed by atoms with Gasteiger partial charge in [0.25, 0.3) is 0 Å². The predicted octanol–water partition coefficient (Wildman–Crippen LogP) is 2.34. The van der Waals surface area contributed by atoms with E-state index in [-0.39, 0.29) is 5.60 Å². The van der Waals surface area contributed by atoms with Crippen molar-refractivity contribution in [2.24, 2.45) is 11.8 Å². The molecule has 2 saturated carbocycles. The standard InChI is InChI=1S/C10H18O/c1-8-4-6-10(11,7-5-8)9-2-3-9/h8-9,11H,2-7H2,1H3/t8-,10-. The minimum Gasteiger partial charge on any atom is -0.390 e. The second-order valence-electron chi connectivity index (χ2n) is 4.56. The lowest BCUT2D eigenvalue weighted by Crippen LogP contribution is -2.35. The van der Waals surface area contributed by atoms with Crippen molar-refractivity contribution in [3.05, 3.63) is 0 Å². The summed E-state index contributed by atoms with van der Waals surface area (Å²) >= 11 is 0. The highest BCUT2D eigenvalue weighted by atomic mass is 16.3. The fraction of sp³-hybridized carbons (Fsp3) is 1.00. The van der Waals surface area contributed by atoms with Crippen LogP contribution >= 0.6 is 0 Å². The fourth-order valence-corrected chi connectivity index (χ4v) is 2.29. The van der Waals surface area contributed by atoms with Crippen molar-refractivity contribution in [2.45, 2.75) is 51.0 Å². The summed E-state index contributed by atoms with van der Waals surface area (Å²) in [6.07, 6.45) is 7.19. The second kappa shape index (κ2) is 2.48. The lowest BCUT2D eigenvalue weighted by molar-refractivity contribution is -0.0269. The van der Waals surface area contributed by atoms with Crippen molar-refractivity contribution >= 4 is 0 Å². The number of aliphatic hydroxyl groups is 1. The normalized spacial score (nSPS) is 45.8. The fourth-order valence-electron chi connectivity index (χ4n) is 2.29. The van der Waals surface area contributed by atoms with Gasteiger partial charge < -0.3 is 5.11 Å². The van der Waals surface area contributed by atoms with Gasteiger partial charge in [-0.3, -0.25) is 0 Å². The molecule has 2 rings (SSSR count). The van der Waals surface area contributed by atoms with Gasteiger partial charge in [0.15, 0.2) is 0 Å². The molecule has 0 aliphatic heterocycles. The van der Waals surface area contributed by atoms with E-state index in [0.29, 0.717) is 5.92 Å². The zero-order valence-electron chi connectivity index (χ0n) is 7.34. The van der Waals surface area contributed by atoms with Crippen LogP contribution in [0.4, 0.5) is 0 Å². The molecule has 1 heteroatoms. The summed E-state index contributed by atoms with van der Waals surface area (Å²) < 4.78 is 0. The summed E-state index contributed by atoms with van der Waals surface area (Å²) in [5.74, 6) is 1.53. The summed E-state index contributed by atoms with van der Waals surface area (Å²) in [6, 6.07) is 0. The smallest absolute Gasteiger partial charge is 0.0676 e. The Morgan fingerprint density at radius 2 is 1.64 bits per heavy atom. The molecule has 0 amide bonds. The summed E-state index contributed by atoms with van der Waals surface area (Å²) in [4.78, 5) is 0. The van der Waals surface area contributed by atoms with Crippen LogP contribution in [-0.4, -0.2) is 10.7 Å². The first-order valence-corrected chi connectivity index (χ1v) is 4.93. The molecule has 1 nitrogen and oxygen atoms in total. The van der Waals surface area contributed by atoms with Gasteiger partial charge >= 0.3 is 0 Å². The number of hydrogen-bond acceptors (Lipinski definition) is 1. The third-order valence-electron chi connectivity index (χ3n) is 3.48. The van der Waals surface area contributed by atoms with Crippen molar-refractivity contribution in [1.82, 2.24) is 0 Å². The highest BCUT2D eigenvalue weighted by Gasteiger charge is 2.44. The molecule has 64 valence electrons. The van der Waals surface area contributed by atoms with Crippen molar-refractivity contribution in [3.8, 4) is 0 Å². The maximum atomic E-state index is 10.1. The third kappa shape index (κ3) is 1.44. The van der Waals surface area contributed by atoms with Gasteiger partial charge in [0.05, 0.1) is 5.60 Å². The van der Waals surface area contributed by atoms with Crippen LogP contribution in [-0.2, 0) is 0 Å². The average Bonchev–Trinajstić information content (AvgIpc) is 2.77. The molecule has 2 aliphatic carbocycles. The third-order valence-corrected chi connectivity index (χ3v) is 3.48. The highest BCUT2D eigenvalue weighted by Crippen LogP contribution is 2.47. The van der Waals surface area contributed by atoms with E-state index in [1.54, 1.807) is 0 Å². The largest absolute Gasteiger partial charge is 0.390 e. The molecule has 11 heavy (non-hydrogen) atoms. The quantitative estimate of drug-likeness (QED) is 0.614. The van der Waals surface area contributed by atoms with Crippen LogP contribution in [0.5, 0.6) is 0 Å². The van der Waals surface area contributed by atoms with Crippen LogP contribution in [0, 0.1) is 11.8 Å². The molecule has 0 aromatic heterocycles. The minimum absolute atomic E-state index is 0.230. The van der Waals surface area contributed by atoms with E-state index in [4.69, 9.17) is 0 Å². The molecule has 2 aliphatic rings. The molecule has 0 aromatic carbocycles. The van der Waals surface area contributed by atoms with Crippen LogP contribution in [0.1, 0.15) is 45.4 Å². The Kier molecular flexibility index (Phi) is 1.71. The zero-order valence-corrected chi connectivity index (χ0v) is 7.34. The zero-order chi connectivity index (χ0) is 7.90. The first-order chi connectivity index (χ1) is 5.21. The van der Waals surface area contributed by atoms with Gasteiger partial charge in [0, 0.05) is 0 Å². The molecule has 0 spiro atoms. The van der Waals surface area contributed by atoms with E-state index in [9.17, 15) is 5.11 Å². The topological polar surface area (TPSA) is 20.2 Å². The van der Waals surface area contributed by atoms with E-state index in [1.165, 1.54) is 25.7 Å². The van der Waals surface area contributed by atoms with Gasteiger partial charge in [-0.1, -0.05) is 6.92 Å². The van der Waals surface area contributed by atoms with Crippen LogP contribution in [0.3, 0.4) is 0 Å². The summed E-state index contributed by atoms with van der Waals surface area (Å²) in [5, 5.41) is 10.1.